The van der Waals surface area contributed by atoms with Crippen LogP contribution in [0.15, 0.2) is 9.80 Å². The Kier molecular flexibility index (Phi) is 1.33. The summed E-state index contributed by atoms with van der Waals surface area (Å²) in [5.74, 6) is 1.05. The molecule has 0 atom stereocenters. The molecular weight excluding hydrogens is 156 g/mol. The zero-order valence-corrected chi connectivity index (χ0v) is 7.71. The second kappa shape index (κ2) is 2.11. The minimum atomic E-state index is 1.05. The van der Waals surface area contributed by atoms with E-state index in [1.165, 1.54) is 15.8 Å². The van der Waals surface area contributed by atoms with Gasteiger partial charge in [0, 0.05) is 11.1 Å². The van der Waals surface area contributed by atoms with E-state index in [0.29, 0.717) is 0 Å². The topological polar surface area (TPSA) is 13.1 Å². The van der Waals surface area contributed by atoms with Crippen molar-refractivity contribution < 1.29 is 4.42 Å². The second-order valence-electron chi connectivity index (χ2n) is 2.86. The number of aryl methyl sites for hydroxylation is 3. The molecule has 2 heteroatoms. The van der Waals surface area contributed by atoms with Crippen LogP contribution in [0, 0.1) is 20.8 Å². The average Bonchev–Trinajstić information content (AvgIpc) is 2.43. The molecule has 0 aliphatic rings. The summed E-state index contributed by atoms with van der Waals surface area (Å²) in [6, 6.07) is 0. The Morgan fingerprint density at radius 3 is 2.64 bits per heavy atom. The molecule has 58 valence electrons. The third-order valence-electron chi connectivity index (χ3n) is 2.04. The van der Waals surface area contributed by atoms with E-state index in [4.69, 9.17) is 4.42 Å². The fourth-order valence-electron chi connectivity index (χ4n) is 1.21. The summed E-state index contributed by atoms with van der Waals surface area (Å²) in [6.45, 7) is 6.21. The molecule has 0 fully saturated rings. The van der Waals surface area contributed by atoms with Gasteiger partial charge in [-0.05, 0) is 26.2 Å². The molecule has 0 aliphatic carbocycles. The number of furan rings is 1. The summed E-state index contributed by atoms with van der Waals surface area (Å²) in [5.41, 5.74) is 3.62. The molecule has 0 amide bonds. The highest BCUT2D eigenvalue weighted by molar-refractivity contribution is 7.17. The van der Waals surface area contributed by atoms with Gasteiger partial charge in [-0.25, -0.2) is 0 Å². The summed E-state index contributed by atoms with van der Waals surface area (Å²) in [7, 11) is 0. The molecule has 2 heterocycles. The first-order valence-corrected chi connectivity index (χ1v) is 4.52. The van der Waals surface area contributed by atoms with Gasteiger partial charge in [0.05, 0.1) is 4.70 Å². The van der Waals surface area contributed by atoms with E-state index in [-0.39, 0.29) is 0 Å². The molecule has 0 spiro atoms. The summed E-state index contributed by atoms with van der Waals surface area (Å²) in [5, 5.41) is 2.14. The van der Waals surface area contributed by atoms with Crippen molar-refractivity contribution in [3.63, 3.8) is 0 Å². The first-order chi connectivity index (χ1) is 5.20. The van der Waals surface area contributed by atoms with Crippen LogP contribution >= 0.6 is 11.3 Å². The van der Waals surface area contributed by atoms with E-state index in [9.17, 15) is 0 Å². The number of thiophene rings is 1. The van der Waals surface area contributed by atoms with E-state index < -0.39 is 0 Å². The highest BCUT2D eigenvalue weighted by Gasteiger charge is 2.09. The lowest BCUT2D eigenvalue weighted by atomic mass is 10.2. The van der Waals surface area contributed by atoms with E-state index in [1.54, 1.807) is 11.3 Å². The molecule has 0 radical (unpaired) electrons. The van der Waals surface area contributed by atoms with Crippen LogP contribution in [0.5, 0.6) is 0 Å². The largest absolute Gasteiger partial charge is 0.460 e. The van der Waals surface area contributed by atoms with Crippen molar-refractivity contribution in [2.45, 2.75) is 20.8 Å². The first-order valence-electron chi connectivity index (χ1n) is 3.64. The molecule has 2 rings (SSSR count). The monoisotopic (exact) mass is 166 g/mol. The van der Waals surface area contributed by atoms with Crippen molar-refractivity contribution in [1.82, 2.24) is 0 Å². The van der Waals surface area contributed by atoms with Gasteiger partial charge in [-0.1, -0.05) is 0 Å². The Balaban J connectivity index is 2.93. The fourth-order valence-corrected chi connectivity index (χ4v) is 2.24. The van der Waals surface area contributed by atoms with Crippen molar-refractivity contribution in [2.75, 3.05) is 0 Å². The number of hydrogen-bond acceptors (Lipinski definition) is 2. The zero-order chi connectivity index (χ0) is 8.01. The molecule has 0 aliphatic heterocycles. The van der Waals surface area contributed by atoms with Crippen LogP contribution in [0.4, 0.5) is 0 Å². The molecule has 0 N–H and O–H groups in total. The van der Waals surface area contributed by atoms with Crippen molar-refractivity contribution in [3.05, 3.63) is 22.3 Å². The summed E-state index contributed by atoms with van der Waals surface area (Å²) in [4.78, 5) is 0. The molecule has 0 unspecified atom stereocenters. The van der Waals surface area contributed by atoms with E-state index in [2.05, 4.69) is 19.2 Å². The summed E-state index contributed by atoms with van der Waals surface area (Å²) >= 11 is 1.77. The van der Waals surface area contributed by atoms with E-state index in [1.807, 2.05) is 6.92 Å². The Hall–Kier alpha value is -0.760. The van der Waals surface area contributed by atoms with Gasteiger partial charge in [0.1, 0.15) is 11.3 Å². The SMILES string of the molecule is Cc1oc2c(C)csc2c1C. The van der Waals surface area contributed by atoms with Gasteiger partial charge in [0.15, 0.2) is 0 Å². The zero-order valence-electron chi connectivity index (χ0n) is 6.89. The lowest BCUT2D eigenvalue weighted by molar-refractivity contribution is 0.573. The van der Waals surface area contributed by atoms with Gasteiger partial charge in [0.2, 0.25) is 0 Å². The third kappa shape index (κ3) is 0.824. The molecule has 0 bridgehead atoms. The lowest BCUT2D eigenvalue weighted by Crippen LogP contribution is -1.65. The normalized spacial score (nSPS) is 11.2. The van der Waals surface area contributed by atoms with Crippen molar-refractivity contribution in [1.29, 1.82) is 0 Å². The minimum absolute atomic E-state index is 1.05. The van der Waals surface area contributed by atoms with Crippen molar-refractivity contribution >= 4 is 21.6 Å². The summed E-state index contributed by atoms with van der Waals surface area (Å²) in [6.07, 6.45) is 0. The van der Waals surface area contributed by atoms with Crippen LogP contribution < -0.4 is 0 Å². The predicted molar refractivity (Wildman–Crippen MR) is 48.3 cm³/mol. The van der Waals surface area contributed by atoms with Gasteiger partial charge >= 0.3 is 0 Å². The molecule has 0 aromatic carbocycles. The third-order valence-corrected chi connectivity index (χ3v) is 3.24. The Labute approximate surface area is 69.6 Å². The number of rotatable bonds is 0. The maximum atomic E-state index is 5.58. The molecular formula is C9H10OS. The average molecular weight is 166 g/mol. The van der Waals surface area contributed by atoms with Crippen LogP contribution in [0.1, 0.15) is 16.9 Å². The molecule has 1 nitrogen and oxygen atoms in total. The molecule has 0 saturated heterocycles. The highest BCUT2D eigenvalue weighted by atomic mass is 32.1. The molecule has 0 saturated carbocycles. The smallest absolute Gasteiger partial charge is 0.148 e. The highest BCUT2D eigenvalue weighted by Crippen LogP contribution is 2.32. The standard InChI is InChI=1S/C9H10OS/c1-5-4-11-9-6(2)7(3)10-8(5)9/h4H,1-3H3. The van der Waals surface area contributed by atoms with Gasteiger partial charge in [-0.3, -0.25) is 0 Å². The second-order valence-corrected chi connectivity index (χ2v) is 3.74. The van der Waals surface area contributed by atoms with Gasteiger partial charge in [0.25, 0.3) is 0 Å². The minimum Gasteiger partial charge on any atom is -0.460 e. The van der Waals surface area contributed by atoms with Crippen LogP contribution in [0.2, 0.25) is 0 Å². The Bertz CT molecular complexity index is 395. The fraction of sp³-hybridized carbons (Fsp3) is 0.333. The first kappa shape index (κ1) is 6.92. The molecule has 2 aromatic heterocycles. The van der Waals surface area contributed by atoms with Crippen molar-refractivity contribution in [2.24, 2.45) is 0 Å². The maximum absolute atomic E-state index is 5.58. The number of fused-ring (bicyclic) bond motifs is 1. The van der Waals surface area contributed by atoms with Crippen LogP contribution in [-0.4, -0.2) is 0 Å². The van der Waals surface area contributed by atoms with E-state index >= 15 is 0 Å². The van der Waals surface area contributed by atoms with Crippen LogP contribution in [0.3, 0.4) is 0 Å². The summed E-state index contributed by atoms with van der Waals surface area (Å²) < 4.78 is 6.89. The lowest BCUT2D eigenvalue weighted by Gasteiger charge is -1.83. The van der Waals surface area contributed by atoms with Gasteiger partial charge < -0.3 is 4.42 Å². The van der Waals surface area contributed by atoms with Gasteiger partial charge in [-0.15, -0.1) is 11.3 Å². The molecule has 2 aromatic rings. The Morgan fingerprint density at radius 2 is 2.00 bits per heavy atom. The maximum Gasteiger partial charge on any atom is 0.148 e. The predicted octanol–water partition coefficient (Wildman–Crippen LogP) is 3.42. The van der Waals surface area contributed by atoms with Crippen LogP contribution in [-0.2, 0) is 0 Å². The Morgan fingerprint density at radius 1 is 1.27 bits per heavy atom. The quantitative estimate of drug-likeness (QED) is 0.584. The number of hydrogen-bond donors (Lipinski definition) is 0. The van der Waals surface area contributed by atoms with Crippen molar-refractivity contribution in [3.8, 4) is 0 Å². The van der Waals surface area contributed by atoms with Crippen LogP contribution in [0.25, 0.3) is 10.3 Å². The molecule has 11 heavy (non-hydrogen) atoms. The van der Waals surface area contributed by atoms with Gasteiger partial charge in [-0.2, -0.15) is 0 Å². The van der Waals surface area contributed by atoms with E-state index in [0.717, 1.165) is 11.3 Å².